The van der Waals surface area contributed by atoms with Crippen molar-refractivity contribution in [3.8, 4) is 0 Å². The number of likely N-dealkylation sites (tertiary alicyclic amines) is 1. The first-order valence-corrected chi connectivity index (χ1v) is 8.19. The van der Waals surface area contributed by atoms with Gasteiger partial charge in [0.05, 0.1) is 0 Å². The number of rotatable bonds is 0. The second kappa shape index (κ2) is 5.36. The van der Waals surface area contributed by atoms with Crippen LogP contribution in [0.25, 0.3) is 5.57 Å². The Hall–Kier alpha value is -1.51. The predicted octanol–water partition coefficient (Wildman–Crippen LogP) is 4.68. The van der Waals surface area contributed by atoms with Crippen LogP contribution in [0.1, 0.15) is 28.1 Å². The van der Waals surface area contributed by atoms with Crippen LogP contribution < -0.4 is 0 Å². The molecule has 0 radical (unpaired) electrons. The molecule has 2 aliphatic rings. The van der Waals surface area contributed by atoms with Crippen LogP contribution in [0.5, 0.6) is 0 Å². The summed E-state index contributed by atoms with van der Waals surface area (Å²) in [4.78, 5) is 4.20. The Bertz CT molecular complexity index is 753. The van der Waals surface area contributed by atoms with Gasteiger partial charge in [0.15, 0.2) is 0 Å². The molecule has 2 heteroatoms. The fourth-order valence-electron chi connectivity index (χ4n) is 3.20. The monoisotopic (exact) mass is 296 g/mol. The Kier molecular flexibility index (Phi) is 2.62. The summed E-state index contributed by atoms with van der Waals surface area (Å²) >= 11 is 1.82. The lowest BCUT2D eigenvalue weighted by Gasteiger charge is -2.30. The Balaban J connectivity index is 1.78. The van der Waals surface area contributed by atoms with Crippen LogP contribution in [0.4, 0.5) is 0 Å². The number of benzene rings is 2. The first-order valence-electron chi connectivity index (χ1n) is 8.88. The molecule has 0 saturated carbocycles. The largest absolute Gasteiger partial charge is 0.306 e. The van der Waals surface area contributed by atoms with Crippen LogP contribution in [-0.2, 0) is 0 Å². The second-order valence-electron chi connectivity index (χ2n) is 5.56. The highest BCUT2D eigenvalue weighted by Crippen LogP contribution is 2.47. The number of hydrogen-bond donors (Lipinski definition) is 0. The van der Waals surface area contributed by atoms with Crippen LogP contribution in [0.2, 0.25) is 0 Å². The molecule has 0 aromatic heterocycles. The van der Waals surface area contributed by atoms with E-state index >= 15 is 0 Å². The zero-order valence-electron chi connectivity index (χ0n) is 14.8. The highest BCUT2D eigenvalue weighted by molar-refractivity contribution is 7.99. The van der Waals surface area contributed by atoms with Crippen LogP contribution >= 0.6 is 11.8 Å². The molecular formula is C19H19NS. The third-order valence-electron chi connectivity index (χ3n) is 4.25. The summed E-state index contributed by atoms with van der Waals surface area (Å²) in [6.45, 7) is -0.770. The van der Waals surface area contributed by atoms with E-state index in [1.807, 2.05) is 11.8 Å². The summed E-state index contributed by atoms with van der Waals surface area (Å²) in [6.07, 6.45) is 1.64. The van der Waals surface area contributed by atoms with Gasteiger partial charge in [-0.15, -0.1) is 0 Å². The fraction of sp³-hybridized carbons (Fsp3) is 0.263. The Morgan fingerprint density at radius 1 is 0.905 bits per heavy atom. The van der Waals surface area contributed by atoms with Gasteiger partial charge in [-0.2, -0.15) is 0 Å². The molecule has 106 valence electrons. The molecule has 0 amide bonds. The molecule has 2 aromatic rings. The molecule has 0 bridgehead atoms. The van der Waals surface area contributed by atoms with Gasteiger partial charge in [-0.25, -0.2) is 0 Å². The van der Waals surface area contributed by atoms with Gasteiger partial charge in [-0.3, -0.25) is 0 Å². The van der Waals surface area contributed by atoms with Gasteiger partial charge in [0.1, 0.15) is 0 Å². The SMILES string of the molecule is [2H]C([2H])([2H])N1CCC(=C2c3ccccc3Sc3ccccc32)CC1. The maximum Gasteiger partial charge on any atom is 0.0394 e. The lowest BCUT2D eigenvalue weighted by molar-refractivity contribution is 0.313. The van der Waals surface area contributed by atoms with E-state index in [2.05, 4.69) is 48.5 Å². The summed E-state index contributed by atoms with van der Waals surface area (Å²) in [6, 6.07) is 17.1. The highest BCUT2D eigenvalue weighted by atomic mass is 32.2. The van der Waals surface area contributed by atoms with Crippen molar-refractivity contribution in [2.24, 2.45) is 0 Å². The van der Waals surface area contributed by atoms with E-state index in [4.69, 9.17) is 4.11 Å². The van der Waals surface area contributed by atoms with E-state index in [1.165, 1.54) is 32.1 Å². The molecule has 0 N–H and O–H groups in total. The minimum atomic E-state index is -1.98. The maximum atomic E-state index is 7.61. The molecule has 0 atom stereocenters. The van der Waals surface area contributed by atoms with E-state index in [0.29, 0.717) is 13.1 Å². The molecule has 0 aliphatic carbocycles. The molecule has 21 heavy (non-hydrogen) atoms. The van der Waals surface area contributed by atoms with Gasteiger partial charge in [-0.1, -0.05) is 53.7 Å². The van der Waals surface area contributed by atoms with Crippen molar-refractivity contribution < 1.29 is 4.11 Å². The van der Waals surface area contributed by atoms with Gasteiger partial charge in [0, 0.05) is 27.0 Å². The quantitative estimate of drug-likeness (QED) is 0.592. The molecule has 0 spiro atoms. The maximum absolute atomic E-state index is 7.61. The zero-order valence-corrected chi connectivity index (χ0v) is 12.6. The molecule has 1 nitrogen and oxygen atoms in total. The van der Waals surface area contributed by atoms with Crippen molar-refractivity contribution >= 4 is 17.3 Å². The van der Waals surface area contributed by atoms with Crippen LogP contribution in [-0.4, -0.2) is 25.0 Å². The Labute approximate surface area is 134 Å². The van der Waals surface area contributed by atoms with Crippen molar-refractivity contribution in [1.82, 2.24) is 4.90 Å². The first kappa shape index (κ1) is 10.3. The molecule has 4 rings (SSSR count). The number of fused-ring (bicyclic) bond motifs is 2. The number of hydrogen-bond acceptors (Lipinski definition) is 2. The minimum Gasteiger partial charge on any atom is -0.306 e. The summed E-state index contributed by atoms with van der Waals surface area (Å²) in [5.74, 6) is 0. The van der Waals surface area contributed by atoms with Crippen molar-refractivity contribution in [1.29, 1.82) is 0 Å². The van der Waals surface area contributed by atoms with Crippen LogP contribution in [0.3, 0.4) is 0 Å². The van der Waals surface area contributed by atoms with Gasteiger partial charge in [-0.05, 0) is 48.7 Å². The van der Waals surface area contributed by atoms with Gasteiger partial charge >= 0.3 is 0 Å². The average Bonchev–Trinajstić information content (AvgIpc) is 2.59. The van der Waals surface area contributed by atoms with Gasteiger partial charge in [0.2, 0.25) is 0 Å². The molecular weight excluding hydrogens is 274 g/mol. The molecule has 0 unspecified atom stereocenters. The number of nitrogens with zero attached hydrogens (tertiary/aromatic N) is 1. The van der Waals surface area contributed by atoms with Crippen molar-refractivity contribution in [2.75, 3.05) is 20.1 Å². The van der Waals surface area contributed by atoms with E-state index in [1.54, 1.807) is 4.90 Å². The Morgan fingerprint density at radius 3 is 2.05 bits per heavy atom. The minimum absolute atomic E-state index is 0.604. The first-order chi connectivity index (χ1) is 11.5. The topological polar surface area (TPSA) is 3.24 Å². The highest BCUT2D eigenvalue weighted by Gasteiger charge is 2.24. The summed E-state index contributed by atoms with van der Waals surface area (Å²) in [5, 5.41) is 0. The smallest absolute Gasteiger partial charge is 0.0394 e. The third kappa shape index (κ3) is 2.33. The van der Waals surface area contributed by atoms with Crippen LogP contribution in [0, 0.1) is 0 Å². The van der Waals surface area contributed by atoms with E-state index in [-0.39, 0.29) is 0 Å². The number of piperidine rings is 1. The Morgan fingerprint density at radius 2 is 1.48 bits per heavy atom. The van der Waals surface area contributed by atoms with Gasteiger partial charge < -0.3 is 4.90 Å². The van der Waals surface area contributed by atoms with E-state index in [0.717, 1.165) is 12.8 Å². The summed E-state index contributed by atoms with van der Waals surface area (Å²) in [7, 11) is 0. The third-order valence-corrected chi connectivity index (χ3v) is 5.41. The molecule has 1 fully saturated rings. The zero-order chi connectivity index (χ0) is 16.7. The predicted molar refractivity (Wildman–Crippen MR) is 89.8 cm³/mol. The van der Waals surface area contributed by atoms with Crippen molar-refractivity contribution in [2.45, 2.75) is 22.6 Å². The lowest BCUT2D eigenvalue weighted by atomic mass is 9.88. The average molecular weight is 296 g/mol. The molecule has 2 aromatic carbocycles. The molecule has 1 saturated heterocycles. The van der Waals surface area contributed by atoms with Crippen molar-refractivity contribution in [3.63, 3.8) is 0 Å². The second-order valence-corrected chi connectivity index (χ2v) is 6.64. The molecule has 2 aliphatic heterocycles. The summed E-state index contributed by atoms with van der Waals surface area (Å²) in [5.41, 5.74) is 5.29. The summed E-state index contributed by atoms with van der Waals surface area (Å²) < 4.78 is 22.8. The van der Waals surface area contributed by atoms with Crippen LogP contribution in [0.15, 0.2) is 63.9 Å². The normalized spacial score (nSPS) is 21.0. The molecule has 2 heterocycles. The van der Waals surface area contributed by atoms with Gasteiger partial charge in [0.25, 0.3) is 0 Å². The van der Waals surface area contributed by atoms with Crippen molar-refractivity contribution in [3.05, 3.63) is 65.2 Å². The van der Waals surface area contributed by atoms with E-state index < -0.39 is 6.98 Å². The lowest BCUT2D eigenvalue weighted by Crippen LogP contribution is -2.27. The fourth-order valence-corrected chi connectivity index (χ4v) is 4.29. The standard InChI is InChI=1S/C19H19NS/c1-20-12-10-14(11-13-20)19-15-6-2-4-8-17(15)21-18-9-5-3-7-16(18)19/h2-9H,10-13H2,1H3/i1D3. The van der Waals surface area contributed by atoms with E-state index in [9.17, 15) is 0 Å².